The zero-order valence-corrected chi connectivity index (χ0v) is 35.6. The Bertz CT molecular complexity index is 1380. The van der Waals surface area contributed by atoms with E-state index in [-0.39, 0.29) is 57.5 Å². The average molecular weight is 860 g/mol. The predicted octanol–water partition coefficient (Wildman–Crippen LogP) is -5.82. The lowest BCUT2D eigenvalue weighted by Gasteiger charge is -2.28. The number of nitrogens with two attached hydrogens (primary N) is 7. The fraction of sp³-hybridized carbons (Fsp3) is 0.778. The Morgan fingerprint density at radius 2 is 0.900 bits per heavy atom. The van der Waals surface area contributed by atoms with Gasteiger partial charge >= 0.3 is 5.97 Å². The number of amides is 7. The molecule has 0 aromatic carbocycles. The third-order valence-electron chi connectivity index (χ3n) is 8.97. The highest BCUT2D eigenvalue weighted by molar-refractivity contribution is 5.98. The number of rotatable bonds is 32. The van der Waals surface area contributed by atoms with Crippen molar-refractivity contribution >= 4 is 47.3 Å². The number of nitrogens with one attached hydrogen (secondary N) is 8. The van der Waals surface area contributed by atoms with E-state index in [4.69, 9.17) is 40.1 Å². The minimum absolute atomic E-state index is 0.0163. The van der Waals surface area contributed by atoms with E-state index in [9.17, 15) is 43.5 Å². The first-order chi connectivity index (χ1) is 28.0. The van der Waals surface area contributed by atoms with Crippen molar-refractivity contribution in [3.05, 3.63) is 0 Å². The van der Waals surface area contributed by atoms with Gasteiger partial charge in [0, 0.05) is 0 Å². The van der Waals surface area contributed by atoms with Crippen LogP contribution >= 0.6 is 0 Å². The van der Waals surface area contributed by atoms with Gasteiger partial charge in [-0.1, -0.05) is 27.7 Å². The van der Waals surface area contributed by atoms with E-state index in [0.29, 0.717) is 19.4 Å². The Kier molecular flexibility index (Phi) is 27.4. The fourth-order valence-electron chi connectivity index (χ4n) is 5.72. The maximum atomic E-state index is 14.1. The Hall–Kier alpha value is -4.56. The second-order valence-corrected chi connectivity index (χ2v) is 15.5. The monoisotopic (exact) mass is 860 g/mol. The van der Waals surface area contributed by atoms with Crippen molar-refractivity contribution in [2.45, 2.75) is 147 Å². The van der Waals surface area contributed by atoms with E-state index < -0.39 is 115 Å². The molecule has 0 heterocycles. The molecule has 0 fully saturated rings. The minimum atomic E-state index is -1.62. The third-order valence-corrected chi connectivity index (χ3v) is 8.97. The summed E-state index contributed by atoms with van der Waals surface area (Å²) in [6.07, 6.45) is -0.848. The summed E-state index contributed by atoms with van der Waals surface area (Å²) in [7, 11) is 0. The van der Waals surface area contributed by atoms with Gasteiger partial charge < -0.3 is 77.1 Å². The van der Waals surface area contributed by atoms with Crippen LogP contribution in [0.25, 0.3) is 0 Å². The molecule has 24 heteroatoms. The normalized spacial score (nSPS) is 15.0. The summed E-state index contributed by atoms with van der Waals surface area (Å²) in [6.45, 7) is 8.98. The molecule has 0 aliphatic heterocycles. The molecule has 346 valence electrons. The van der Waals surface area contributed by atoms with Crippen LogP contribution in [0.3, 0.4) is 0 Å². The third kappa shape index (κ3) is 23.9. The number of primary amides is 1. The van der Waals surface area contributed by atoms with Crippen LogP contribution in [0.15, 0.2) is 0 Å². The SMILES string of the molecule is CC(C)C[C@H](NC(=O)[C@H](C)N)C(=O)N[C@@H](CCCCN)C(=O)N[C@@H](CCCNC(N)N)C(=O)N[C@@H](CCCNC(N)N)C(=O)N[C@@H](CC(N)=O)C(=O)N[C@H](C(=O)O)C(C)C. The lowest BCUT2D eigenvalue weighted by molar-refractivity contribution is -0.143. The molecule has 0 aliphatic carbocycles. The summed E-state index contributed by atoms with van der Waals surface area (Å²) in [5.41, 5.74) is 39.1. The van der Waals surface area contributed by atoms with Crippen molar-refractivity contribution in [1.29, 1.82) is 0 Å². The van der Waals surface area contributed by atoms with E-state index in [2.05, 4.69) is 42.5 Å². The van der Waals surface area contributed by atoms with Crippen LogP contribution in [0.2, 0.25) is 0 Å². The van der Waals surface area contributed by atoms with E-state index in [1.807, 2.05) is 13.8 Å². The molecule has 0 unspecified atom stereocenters. The summed E-state index contributed by atoms with van der Waals surface area (Å²) in [5, 5.41) is 30.5. The second-order valence-electron chi connectivity index (χ2n) is 15.5. The summed E-state index contributed by atoms with van der Waals surface area (Å²) >= 11 is 0. The molecule has 60 heavy (non-hydrogen) atoms. The Balaban J connectivity index is 6.69. The molecule has 0 rings (SSSR count). The van der Waals surface area contributed by atoms with Crippen LogP contribution in [-0.2, 0) is 38.4 Å². The predicted molar refractivity (Wildman–Crippen MR) is 223 cm³/mol. The quantitative estimate of drug-likeness (QED) is 0.0221. The number of carbonyl (C=O) groups excluding carboxylic acids is 7. The molecular formula is C36H73N15O9. The van der Waals surface area contributed by atoms with Gasteiger partial charge in [0.15, 0.2) is 0 Å². The van der Waals surface area contributed by atoms with Crippen molar-refractivity contribution in [1.82, 2.24) is 42.5 Å². The van der Waals surface area contributed by atoms with E-state index in [0.717, 1.165) is 0 Å². The standard InChI is InChI=1S/C36H73N15O9/c1-18(2)16-24(49-28(53)20(5)38)32(57)48-21(10-6-7-13-37)29(54)46-22(11-8-14-44-35(40)41)30(55)47-23(12-9-15-45-36(42)43)31(56)50-25(17-26(39)52)33(58)51-27(19(3)4)34(59)60/h18-25,27,35-36,44-45H,6-17,37-38,40-43H2,1-5H3,(H2,39,52)(H,46,54)(H,47,55)(H,48,57)(H,49,53)(H,50,56)(H,51,58)(H,59,60)/t20-,21-,22-,23-,24-,25-,27-/m0/s1. The number of carboxylic acids is 1. The van der Waals surface area contributed by atoms with Gasteiger partial charge in [-0.3, -0.25) is 44.2 Å². The molecule has 0 saturated heterocycles. The summed E-state index contributed by atoms with van der Waals surface area (Å²) < 4.78 is 0. The number of carboxylic acid groups (broad SMARTS) is 1. The first-order valence-corrected chi connectivity index (χ1v) is 20.3. The number of aliphatic carboxylic acids is 1. The molecule has 7 atom stereocenters. The highest BCUT2D eigenvalue weighted by Gasteiger charge is 2.34. The molecule has 7 amide bonds. The highest BCUT2D eigenvalue weighted by atomic mass is 16.4. The molecule has 0 aliphatic rings. The van der Waals surface area contributed by atoms with Gasteiger partial charge in [0.25, 0.3) is 0 Å². The molecule has 0 bridgehead atoms. The molecule has 23 N–H and O–H groups in total. The molecule has 0 aromatic rings. The minimum Gasteiger partial charge on any atom is -0.480 e. The molecule has 0 spiro atoms. The maximum absolute atomic E-state index is 14.1. The Labute approximate surface area is 351 Å². The zero-order valence-electron chi connectivity index (χ0n) is 35.6. The van der Waals surface area contributed by atoms with Gasteiger partial charge in [-0.05, 0) is 89.8 Å². The summed E-state index contributed by atoms with van der Waals surface area (Å²) in [5.74, 6) is -7.66. The molecule has 0 aromatic heterocycles. The number of carbonyl (C=O) groups is 8. The summed E-state index contributed by atoms with van der Waals surface area (Å²) in [6, 6.07) is -8.81. The van der Waals surface area contributed by atoms with Crippen molar-refractivity contribution in [2.24, 2.45) is 52.0 Å². The first kappa shape index (κ1) is 55.4. The fourth-order valence-corrected chi connectivity index (χ4v) is 5.72. The van der Waals surface area contributed by atoms with Gasteiger partial charge in [0.2, 0.25) is 41.4 Å². The van der Waals surface area contributed by atoms with E-state index >= 15 is 0 Å². The van der Waals surface area contributed by atoms with Gasteiger partial charge in [-0.15, -0.1) is 0 Å². The average Bonchev–Trinajstić information content (AvgIpc) is 3.13. The van der Waals surface area contributed by atoms with Crippen molar-refractivity contribution in [2.75, 3.05) is 19.6 Å². The van der Waals surface area contributed by atoms with Crippen LogP contribution < -0.4 is 82.7 Å². The van der Waals surface area contributed by atoms with Crippen LogP contribution in [0.1, 0.15) is 92.4 Å². The number of hydrogen-bond acceptors (Lipinski definition) is 16. The second kappa shape index (κ2) is 29.6. The van der Waals surface area contributed by atoms with Crippen LogP contribution in [0.5, 0.6) is 0 Å². The largest absolute Gasteiger partial charge is 0.480 e. The van der Waals surface area contributed by atoms with E-state index in [1.165, 1.54) is 6.92 Å². The Morgan fingerprint density at radius 3 is 1.25 bits per heavy atom. The summed E-state index contributed by atoms with van der Waals surface area (Å²) in [4.78, 5) is 105. The van der Waals surface area contributed by atoms with Crippen LogP contribution in [0, 0.1) is 11.8 Å². The van der Waals surface area contributed by atoms with E-state index in [1.54, 1.807) is 13.8 Å². The molecule has 0 radical (unpaired) electrons. The van der Waals surface area contributed by atoms with Crippen LogP contribution in [-0.4, -0.2) is 127 Å². The smallest absolute Gasteiger partial charge is 0.326 e. The molecular weight excluding hydrogens is 786 g/mol. The molecule has 0 saturated carbocycles. The number of hydrogen-bond donors (Lipinski definition) is 16. The van der Waals surface area contributed by atoms with Crippen molar-refractivity contribution in [3.63, 3.8) is 0 Å². The van der Waals surface area contributed by atoms with Crippen molar-refractivity contribution < 1.29 is 43.5 Å². The van der Waals surface area contributed by atoms with Gasteiger partial charge in [0.1, 0.15) is 48.8 Å². The lowest BCUT2D eigenvalue weighted by Crippen LogP contribution is -2.60. The zero-order chi connectivity index (χ0) is 46.1. The van der Waals surface area contributed by atoms with Crippen molar-refractivity contribution in [3.8, 4) is 0 Å². The molecule has 24 nitrogen and oxygen atoms in total. The Morgan fingerprint density at radius 1 is 0.517 bits per heavy atom. The number of unbranched alkanes of at least 4 members (excludes halogenated alkanes) is 1. The van der Waals surface area contributed by atoms with Gasteiger partial charge in [-0.25, -0.2) is 4.79 Å². The topological polar surface area (TPSA) is 435 Å². The van der Waals surface area contributed by atoms with Gasteiger partial charge in [-0.2, -0.15) is 0 Å². The first-order valence-electron chi connectivity index (χ1n) is 20.3. The lowest BCUT2D eigenvalue weighted by atomic mass is 10.0. The van der Waals surface area contributed by atoms with Crippen LogP contribution in [0.4, 0.5) is 0 Å². The van der Waals surface area contributed by atoms with Gasteiger partial charge in [0.05, 0.1) is 12.5 Å². The highest BCUT2D eigenvalue weighted by Crippen LogP contribution is 2.10. The maximum Gasteiger partial charge on any atom is 0.326 e.